The van der Waals surface area contributed by atoms with E-state index >= 15 is 0 Å². The van der Waals surface area contributed by atoms with Gasteiger partial charge in [0.2, 0.25) is 0 Å². The Bertz CT molecular complexity index is 968. The summed E-state index contributed by atoms with van der Waals surface area (Å²) in [7, 11) is 0. The zero-order chi connectivity index (χ0) is 21.0. The van der Waals surface area contributed by atoms with E-state index in [1.54, 1.807) is 0 Å². The lowest BCUT2D eigenvalue weighted by atomic mass is 9.89. The lowest BCUT2D eigenvalue weighted by Gasteiger charge is -2.17. The van der Waals surface area contributed by atoms with Crippen LogP contribution in [0.15, 0.2) is 24.3 Å². The van der Waals surface area contributed by atoms with Crippen molar-refractivity contribution in [3.63, 3.8) is 0 Å². The predicted molar refractivity (Wildman–Crippen MR) is 102 cm³/mol. The summed E-state index contributed by atoms with van der Waals surface area (Å²) in [6, 6.07) is 7.51. The van der Waals surface area contributed by atoms with Crippen molar-refractivity contribution in [2.45, 2.75) is 32.8 Å². The van der Waals surface area contributed by atoms with Crippen LogP contribution in [-0.2, 0) is 22.4 Å². The Hall–Kier alpha value is -2.99. The monoisotopic (exact) mass is 420 g/mol. The van der Waals surface area contributed by atoms with Crippen molar-refractivity contribution in [1.82, 2.24) is 0 Å². The first-order chi connectivity index (χ1) is 13.9. The van der Waals surface area contributed by atoms with Gasteiger partial charge >= 0.3 is 12.6 Å². The van der Waals surface area contributed by atoms with Gasteiger partial charge in [-0.3, -0.25) is 4.79 Å². The molecular formula is C20H18F2N2O4S. The average Bonchev–Trinajstić information content (AvgIpc) is 3.01. The van der Waals surface area contributed by atoms with E-state index in [4.69, 9.17) is 4.74 Å². The third-order valence-corrected chi connectivity index (χ3v) is 5.70. The molecule has 1 aromatic carbocycles. The van der Waals surface area contributed by atoms with Gasteiger partial charge in [0.1, 0.15) is 22.4 Å². The topological polar surface area (TPSA) is 88.4 Å². The Kier molecular flexibility index (Phi) is 6.44. The average molecular weight is 420 g/mol. The van der Waals surface area contributed by atoms with Crippen LogP contribution in [0.4, 0.5) is 13.8 Å². The molecule has 1 aromatic heterocycles. The molecular weight excluding hydrogens is 402 g/mol. The Balaban J connectivity index is 1.64. The molecule has 0 saturated heterocycles. The fourth-order valence-electron chi connectivity index (χ4n) is 3.16. The number of hydrogen-bond acceptors (Lipinski definition) is 6. The Morgan fingerprint density at radius 2 is 2.14 bits per heavy atom. The molecule has 0 saturated carbocycles. The van der Waals surface area contributed by atoms with Gasteiger partial charge < -0.3 is 14.8 Å². The van der Waals surface area contributed by atoms with Crippen LogP contribution in [0.2, 0.25) is 0 Å². The molecule has 0 radical (unpaired) electrons. The van der Waals surface area contributed by atoms with E-state index < -0.39 is 25.1 Å². The van der Waals surface area contributed by atoms with Crippen LogP contribution in [0, 0.1) is 17.2 Å². The minimum Gasteiger partial charge on any atom is -0.452 e. The number of nitrogens with one attached hydrogen (secondary N) is 1. The van der Waals surface area contributed by atoms with Crippen molar-refractivity contribution >= 4 is 28.2 Å². The normalized spacial score (nSPS) is 15.3. The van der Waals surface area contributed by atoms with Gasteiger partial charge in [0.15, 0.2) is 6.61 Å². The van der Waals surface area contributed by atoms with Gasteiger partial charge in [-0.1, -0.05) is 19.1 Å². The Morgan fingerprint density at radius 3 is 2.86 bits per heavy atom. The number of alkyl halides is 2. The molecule has 2 aromatic rings. The van der Waals surface area contributed by atoms with E-state index in [0.717, 1.165) is 29.7 Å². The van der Waals surface area contributed by atoms with Crippen molar-refractivity contribution in [2.75, 3.05) is 11.9 Å². The molecule has 3 rings (SSSR count). The molecule has 29 heavy (non-hydrogen) atoms. The van der Waals surface area contributed by atoms with Crippen molar-refractivity contribution in [2.24, 2.45) is 5.92 Å². The van der Waals surface area contributed by atoms with E-state index in [1.165, 1.54) is 35.6 Å². The highest BCUT2D eigenvalue weighted by Crippen LogP contribution is 2.39. The second-order valence-corrected chi connectivity index (χ2v) is 7.77. The van der Waals surface area contributed by atoms with Crippen LogP contribution in [-0.4, -0.2) is 25.1 Å². The van der Waals surface area contributed by atoms with Crippen LogP contribution in [0.25, 0.3) is 0 Å². The summed E-state index contributed by atoms with van der Waals surface area (Å²) < 4.78 is 34.1. The lowest BCUT2D eigenvalue weighted by Crippen LogP contribution is -2.21. The van der Waals surface area contributed by atoms with Crippen molar-refractivity contribution in [3.8, 4) is 11.8 Å². The van der Waals surface area contributed by atoms with E-state index in [-0.39, 0.29) is 11.3 Å². The minimum atomic E-state index is -3.09. The third kappa shape index (κ3) is 4.90. The number of halogens is 2. The zero-order valence-corrected chi connectivity index (χ0v) is 16.4. The highest BCUT2D eigenvalue weighted by atomic mass is 32.1. The summed E-state index contributed by atoms with van der Waals surface area (Å²) >= 11 is 1.36. The Morgan fingerprint density at radius 1 is 1.38 bits per heavy atom. The molecule has 1 heterocycles. The predicted octanol–water partition coefficient (Wildman–Crippen LogP) is 4.14. The number of carbonyl (C=O) groups is 2. The molecule has 1 atom stereocenters. The summed E-state index contributed by atoms with van der Waals surface area (Å²) in [5.41, 5.74) is 1.21. The fraction of sp³-hybridized carbons (Fsp3) is 0.350. The van der Waals surface area contributed by atoms with Gasteiger partial charge in [-0.25, -0.2) is 4.79 Å². The van der Waals surface area contributed by atoms with Gasteiger partial charge in [0.05, 0.1) is 5.56 Å². The molecule has 0 aliphatic heterocycles. The maximum atomic E-state index is 12.4. The number of nitrogens with zero attached hydrogens (tertiary/aromatic N) is 1. The molecule has 1 N–H and O–H groups in total. The summed E-state index contributed by atoms with van der Waals surface area (Å²) in [5, 5.41) is 12.5. The molecule has 0 unspecified atom stereocenters. The minimum absolute atomic E-state index is 0.209. The SMILES string of the molecule is C[C@@H]1CCc2c(sc(NC(=O)COC(=O)c3ccccc3OC(F)F)c2C#N)C1. The van der Waals surface area contributed by atoms with Gasteiger partial charge in [-0.2, -0.15) is 14.0 Å². The highest BCUT2D eigenvalue weighted by Gasteiger charge is 2.25. The van der Waals surface area contributed by atoms with E-state index in [1.807, 2.05) is 0 Å². The molecule has 6 nitrogen and oxygen atoms in total. The number of ether oxygens (including phenoxy) is 2. The molecule has 1 aliphatic carbocycles. The molecule has 1 amide bonds. The van der Waals surface area contributed by atoms with Crippen LogP contribution in [0.3, 0.4) is 0 Å². The standard InChI is InChI=1S/C20H18F2N2O4S/c1-11-6-7-12-14(9-23)18(29-16(12)8-11)24-17(25)10-27-19(26)13-4-2-3-5-15(13)28-20(21)22/h2-5,11,20H,6-8,10H2,1H3,(H,24,25)/t11-/m1/s1. The number of nitriles is 1. The van der Waals surface area contributed by atoms with Gasteiger partial charge in [0.25, 0.3) is 5.91 Å². The second kappa shape index (κ2) is 9.01. The number of carbonyl (C=O) groups excluding carboxylic acids is 2. The first kappa shape index (κ1) is 20.7. The smallest absolute Gasteiger partial charge is 0.387 e. The van der Waals surface area contributed by atoms with Crippen LogP contribution < -0.4 is 10.1 Å². The number of fused-ring (bicyclic) bond motifs is 1. The molecule has 1 aliphatic rings. The Labute approximate surface area is 170 Å². The quantitative estimate of drug-likeness (QED) is 0.710. The fourth-order valence-corrected chi connectivity index (χ4v) is 4.54. The van der Waals surface area contributed by atoms with E-state index in [9.17, 15) is 23.6 Å². The molecule has 9 heteroatoms. The number of hydrogen-bond donors (Lipinski definition) is 1. The third-order valence-electron chi connectivity index (χ3n) is 4.53. The number of para-hydroxylation sites is 1. The van der Waals surface area contributed by atoms with Crippen LogP contribution in [0.1, 0.15) is 39.7 Å². The highest BCUT2D eigenvalue weighted by molar-refractivity contribution is 7.16. The molecule has 0 fully saturated rings. The van der Waals surface area contributed by atoms with Crippen molar-refractivity contribution in [1.29, 1.82) is 5.26 Å². The van der Waals surface area contributed by atoms with Gasteiger partial charge in [-0.15, -0.1) is 11.3 Å². The summed E-state index contributed by atoms with van der Waals surface area (Å²) in [6.45, 7) is -1.57. The maximum absolute atomic E-state index is 12.4. The number of thiophene rings is 1. The number of amides is 1. The van der Waals surface area contributed by atoms with Crippen molar-refractivity contribution in [3.05, 3.63) is 45.8 Å². The molecule has 152 valence electrons. The summed E-state index contributed by atoms with van der Waals surface area (Å²) in [5.74, 6) is -1.39. The summed E-state index contributed by atoms with van der Waals surface area (Å²) in [4.78, 5) is 25.4. The van der Waals surface area contributed by atoms with E-state index in [2.05, 4.69) is 23.0 Å². The summed E-state index contributed by atoms with van der Waals surface area (Å²) in [6.07, 6.45) is 2.64. The second-order valence-electron chi connectivity index (χ2n) is 6.67. The largest absolute Gasteiger partial charge is 0.452 e. The van der Waals surface area contributed by atoms with Crippen LogP contribution >= 0.6 is 11.3 Å². The van der Waals surface area contributed by atoms with Crippen molar-refractivity contribution < 1.29 is 27.8 Å². The maximum Gasteiger partial charge on any atom is 0.387 e. The number of benzene rings is 1. The number of anilines is 1. The molecule has 0 spiro atoms. The first-order valence-electron chi connectivity index (χ1n) is 8.94. The molecule has 0 bridgehead atoms. The van der Waals surface area contributed by atoms with Crippen LogP contribution in [0.5, 0.6) is 5.75 Å². The van der Waals surface area contributed by atoms with Gasteiger partial charge in [-0.05, 0) is 42.9 Å². The van der Waals surface area contributed by atoms with Gasteiger partial charge in [0, 0.05) is 4.88 Å². The lowest BCUT2D eigenvalue weighted by molar-refractivity contribution is -0.119. The van der Waals surface area contributed by atoms with E-state index in [0.29, 0.717) is 16.5 Å². The number of esters is 1. The zero-order valence-electron chi connectivity index (χ0n) is 15.5. The number of rotatable bonds is 6. The first-order valence-corrected chi connectivity index (χ1v) is 9.76.